The van der Waals surface area contributed by atoms with Crippen LogP contribution in [0.3, 0.4) is 0 Å². The van der Waals surface area contributed by atoms with E-state index in [9.17, 15) is 28.8 Å². The number of nitrogens with one attached hydrogen (secondary N) is 4. The number of fused-ring (bicyclic) bond motifs is 2. The minimum atomic E-state index is -0.916. The number of carbonyl (C=O) groups excluding carboxylic acids is 6. The van der Waals surface area contributed by atoms with Crippen LogP contribution in [-0.2, 0) is 54.5 Å². The van der Waals surface area contributed by atoms with Crippen LogP contribution in [0.25, 0.3) is 0 Å². The van der Waals surface area contributed by atoms with Crippen LogP contribution in [0.1, 0.15) is 99.2 Å². The Bertz CT molecular complexity index is 2310. The molecule has 0 saturated carbocycles. The van der Waals surface area contributed by atoms with Gasteiger partial charge >= 0.3 is 0 Å². The quantitative estimate of drug-likeness (QED) is 0.0168. The van der Waals surface area contributed by atoms with Crippen molar-refractivity contribution in [3.8, 4) is 5.75 Å². The van der Waals surface area contributed by atoms with Crippen LogP contribution in [0, 0.1) is 5.92 Å². The summed E-state index contributed by atoms with van der Waals surface area (Å²) >= 11 is 0. The Labute approximate surface area is 401 Å². The molecule has 0 bridgehead atoms. The first-order valence-electron chi connectivity index (χ1n) is 24.0. The molecule has 0 aliphatic heterocycles. The van der Waals surface area contributed by atoms with Crippen LogP contribution in [0.15, 0.2) is 103 Å². The van der Waals surface area contributed by atoms with E-state index in [2.05, 4.69) is 27.6 Å². The zero-order valence-electron chi connectivity index (χ0n) is 40.0. The van der Waals surface area contributed by atoms with Gasteiger partial charge < -0.3 is 27.3 Å². The standard InChI is InChI=1S/C54H71N7O7/c1-34(2)27-47(49(63)31-48(62)35(3)58-32-50(64)44(56)28-37-15-7-5-8-16-37)60-61-52-42-20-12-11-19-39(42)22-23-40-30-41(24-25-43(40)52)68-33-51(65)54(67)46(21-13-14-26-55)59-36(4)53(66)45(57)29-38-17-9-6-10-18-38/h5-12,15-20,24-25,30,34-36,44-47,52,58-61H,13-14,21-23,26-29,31-33,55-57H2,1-4H3/t35-,36?,44-,45-,46-,47-,52?/m0/s1. The number of unbranched alkanes of at least 4 members (excludes halogenated alkanes) is 1. The molecule has 364 valence electrons. The number of ether oxygens (including phenoxy) is 1. The first kappa shape index (κ1) is 53.4. The Hall–Kier alpha value is -5.58. The third kappa shape index (κ3) is 16.0. The lowest BCUT2D eigenvalue weighted by Crippen LogP contribution is -2.52. The van der Waals surface area contributed by atoms with E-state index in [1.807, 2.05) is 105 Å². The van der Waals surface area contributed by atoms with Gasteiger partial charge in [0.2, 0.25) is 11.6 Å². The van der Waals surface area contributed by atoms with Crippen molar-refractivity contribution in [1.29, 1.82) is 0 Å². The molecule has 14 nitrogen and oxygen atoms in total. The van der Waals surface area contributed by atoms with Crippen molar-refractivity contribution in [2.45, 2.75) is 128 Å². The summed E-state index contributed by atoms with van der Waals surface area (Å²) < 4.78 is 5.99. The minimum Gasteiger partial charge on any atom is -0.485 e. The van der Waals surface area contributed by atoms with E-state index < -0.39 is 60.5 Å². The number of carbonyl (C=O) groups is 6. The van der Waals surface area contributed by atoms with Crippen LogP contribution < -0.4 is 43.4 Å². The van der Waals surface area contributed by atoms with Crippen molar-refractivity contribution >= 4 is 34.7 Å². The van der Waals surface area contributed by atoms with E-state index in [0.717, 1.165) is 39.8 Å². The molecule has 7 atom stereocenters. The minimum absolute atomic E-state index is 0.0890. The first-order valence-corrected chi connectivity index (χ1v) is 24.0. The van der Waals surface area contributed by atoms with Crippen molar-refractivity contribution in [2.75, 3.05) is 19.7 Å². The van der Waals surface area contributed by atoms with Gasteiger partial charge in [-0.15, -0.1) is 0 Å². The van der Waals surface area contributed by atoms with Gasteiger partial charge in [-0.25, -0.2) is 10.9 Å². The van der Waals surface area contributed by atoms with Crippen LogP contribution >= 0.6 is 0 Å². The molecule has 0 fully saturated rings. The molecular weight excluding hydrogens is 859 g/mol. The fourth-order valence-electron chi connectivity index (χ4n) is 8.53. The van der Waals surface area contributed by atoms with E-state index in [1.165, 1.54) is 0 Å². The number of hydrogen-bond acceptors (Lipinski definition) is 14. The molecule has 10 N–H and O–H groups in total. The Morgan fingerprint density at radius 3 is 1.96 bits per heavy atom. The topological polar surface area (TPSA) is 238 Å². The second-order valence-corrected chi connectivity index (χ2v) is 18.4. The summed E-state index contributed by atoms with van der Waals surface area (Å²) in [7, 11) is 0. The molecule has 0 amide bonds. The van der Waals surface area contributed by atoms with Crippen LogP contribution in [0.4, 0.5) is 0 Å². The van der Waals surface area contributed by atoms with Crippen LogP contribution in [0.5, 0.6) is 5.75 Å². The second kappa shape index (κ2) is 26.8. The lowest BCUT2D eigenvalue weighted by molar-refractivity contribution is -0.139. The van der Waals surface area contributed by atoms with Gasteiger partial charge in [0, 0.05) is 0 Å². The third-order valence-electron chi connectivity index (χ3n) is 12.5. The Balaban J connectivity index is 1.21. The summed E-state index contributed by atoms with van der Waals surface area (Å²) in [5.74, 6) is -1.93. The molecule has 2 unspecified atom stereocenters. The molecule has 0 saturated heterocycles. The molecule has 68 heavy (non-hydrogen) atoms. The lowest BCUT2D eigenvalue weighted by atomic mass is 9.94. The summed E-state index contributed by atoms with van der Waals surface area (Å²) in [5, 5.41) is 6.06. The Morgan fingerprint density at radius 1 is 0.676 bits per heavy atom. The number of aryl methyl sites for hydroxylation is 2. The van der Waals surface area contributed by atoms with Crippen molar-refractivity contribution in [1.82, 2.24) is 21.5 Å². The summed E-state index contributed by atoms with van der Waals surface area (Å²) in [6.07, 6.45) is 3.81. The van der Waals surface area contributed by atoms with Gasteiger partial charge in [0.25, 0.3) is 0 Å². The van der Waals surface area contributed by atoms with Crippen molar-refractivity contribution in [2.24, 2.45) is 23.1 Å². The van der Waals surface area contributed by atoms with Gasteiger partial charge in [-0.05, 0) is 117 Å². The molecule has 0 spiro atoms. The highest BCUT2D eigenvalue weighted by Gasteiger charge is 2.32. The number of hydrazine groups is 1. The van der Waals surface area contributed by atoms with Gasteiger partial charge in [0.15, 0.2) is 29.7 Å². The SMILES string of the molecule is CC(C)C[C@H](NNC1c2ccccc2CCc2cc(OCC(=O)C(=O)[C@H](CCCCN)NC(C)C(=O)[C@@H](N)Cc3ccccc3)ccc21)C(=O)CC(=O)[C@H](C)NCC(=O)[C@@H](N)Cc1ccccc1. The van der Waals surface area contributed by atoms with E-state index in [4.69, 9.17) is 21.9 Å². The van der Waals surface area contributed by atoms with E-state index in [1.54, 1.807) is 19.9 Å². The monoisotopic (exact) mass is 930 g/mol. The van der Waals surface area contributed by atoms with E-state index in [0.29, 0.717) is 57.2 Å². The van der Waals surface area contributed by atoms with Crippen molar-refractivity contribution < 1.29 is 33.5 Å². The zero-order valence-corrected chi connectivity index (χ0v) is 40.0. The maximum Gasteiger partial charge on any atom is 0.237 e. The normalized spacial score (nSPS) is 16.0. The molecule has 0 radical (unpaired) electrons. The number of ketones is 6. The van der Waals surface area contributed by atoms with Crippen molar-refractivity contribution in [3.05, 3.63) is 137 Å². The van der Waals surface area contributed by atoms with Gasteiger partial charge in [-0.3, -0.25) is 34.1 Å². The molecule has 4 aromatic carbocycles. The Kier molecular flexibility index (Phi) is 21.1. The largest absolute Gasteiger partial charge is 0.485 e. The highest BCUT2D eigenvalue weighted by molar-refractivity contribution is 6.39. The maximum absolute atomic E-state index is 13.8. The number of nitrogens with two attached hydrogens (primary N) is 3. The van der Waals surface area contributed by atoms with Crippen LogP contribution in [-0.4, -0.2) is 90.6 Å². The van der Waals surface area contributed by atoms with E-state index >= 15 is 0 Å². The van der Waals surface area contributed by atoms with Gasteiger partial charge in [0.05, 0.1) is 55.3 Å². The number of benzene rings is 4. The molecule has 0 heterocycles. The van der Waals surface area contributed by atoms with Crippen molar-refractivity contribution in [3.63, 3.8) is 0 Å². The predicted molar refractivity (Wildman–Crippen MR) is 265 cm³/mol. The number of hydrogen-bond donors (Lipinski definition) is 7. The summed E-state index contributed by atoms with van der Waals surface area (Å²) in [6, 6.07) is 27.6. The van der Waals surface area contributed by atoms with E-state index in [-0.39, 0.29) is 42.0 Å². The molecule has 1 aliphatic rings. The highest BCUT2D eigenvalue weighted by atomic mass is 16.5. The molecule has 4 aromatic rings. The maximum atomic E-state index is 13.8. The summed E-state index contributed by atoms with van der Waals surface area (Å²) in [5.41, 5.74) is 30.8. The number of Topliss-reactive ketones (excluding diaryl/α,β-unsaturated/α-hetero) is 6. The highest BCUT2D eigenvalue weighted by Crippen LogP contribution is 2.34. The van der Waals surface area contributed by atoms with Gasteiger partial charge in [-0.1, -0.05) is 111 Å². The lowest BCUT2D eigenvalue weighted by Gasteiger charge is -2.27. The molecular formula is C54H71N7O7. The second-order valence-electron chi connectivity index (χ2n) is 18.4. The smallest absolute Gasteiger partial charge is 0.237 e. The first-order chi connectivity index (χ1) is 32.6. The third-order valence-corrected chi connectivity index (χ3v) is 12.5. The summed E-state index contributed by atoms with van der Waals surface area (Å²) in [4.78, 5) is 80.3. The Morgan fingerprint density at radius 2 is 1.29 bits per heavy atom. The van der Waals surface area contributed by atoms with Crippen LogP contribution in [0.2, 0.25) is 0 Å². The van der Waals surface area contributed by atoms with Gasteiger partial charge in [-0.2, -0.15) is 0 Å². The predicted octanol–water partition coefficient (Wildman–Crippen LogP) is 4.16. The molecule has 0 aromatic heterocycles. The van der Waals surface area contributed by atoms with Gasteiger partial charge in [0.1, 0.15) is 5.75 Å². The fourth-order valence-corrected chi connectivity index (χ4v) is 8.53. The molecule has 5 rings (SSSR count). The molecule has 1 aliphatic carbocycles. The molecule has 14 heteroatoms. The fraction of sp³-hybridized carbons (Fsp3) is 0.444. The summed E-state index contributed by atoms with van der Waals surface area (Å²) in [6.45, 7) is 7.18. The average molecular weight is 930 g/mol. The average Bonchev–Trinajstić information content (AvgIpc) is 3.49. The zero-order chi connectivity index (χ0) is 49.2. The number of rotatable bonds is 30.